The molecule has 1 aromatic rings. The van der Waals surface area contributed by atoms with Crippen molar-refractivity contribution in [2.45, 2.75) is 20.8 Å². The van der Waals surface area contributed by atoms with Gasteiger partial charge in [0, 0.05) is 11.5 Å². The summed E-state index contributed by atoms with van der Waals surface area (Å²) in [5.41, 5.74) is 0.610. The average molecular weight is 204 g/mol. The van der Waals surface area contributed by atoms with Gasteiger partial charge in [0.05, 0.1) is 5.92 Å². The van der Waals surface area contributed by atoms with Crippen LogP contribution < -0.4 is 0 Å². The van der Waals surface area contributed by atoms with Crippen molar-refractivity contribution in [1.29, 1.82) is 0 Å². The van der Waals surface area contributed by atoms with E-state index in [1.54, 1.807) is 31.2 Å². The smallest absolute Gasteiger partial charge is 0.173 e. The van der Waals surface area contributed by atoms with Crippen molar-refractivity contribution >= 4 is 11.6 Å². The van der Waals surface area contributed by atoms with Crippen molar-refractivity contribution in [3.05, 3.63) is 35.9 Å². The summed E-state index contributed by atoms with van der Waals surface area (Å²) in [6.45, 7) is 5.31. The van der Waals surface area contributed by atoms with Gasteiger partial charge >= 0.3 is 0 Å². The van der Waals surface area contributed by atoms with E-state index in [9.17, 15) is 9.59 Å². The first-order valence-corrected chi connectivity index (χ1v) is 5.17. The van der Waals surface area contributed by atoms with Crippen LogP contribution in [0.1, 0.15) is 31.1 Å². The van der Waals surface area contributed by atoms with E-state index in [1.807, 2.05) is 19.9 Å². The van der Waals surface area contributed by atoms with E-state index in [0.717, 1.165) is 0 Å². The fourth-order valence-electron chi connectivity index (χ4n) is 1.48. The van der Waals surface area contributed by atoms with Crippen LogP contribution >= 0.6 is 0 Å². The molecule has 0 N–H and O–H groups in total. The molecule has 0 aliphatic carbocycles. The monoisotopic (exact) mass is 204 g/mol. The standard InChI is InChI=1S/C13H16O2/c1-9(2)12(14)10(3)13(15)11-7-5-4-6-8-11/h4-10H,1-3H3/t10-/m0/s1. The molecule has 2 nitrogen and oxygen atoms in total. The summed E-state index contributed by atoms with van der Waals surface area (Å²) in [6.07, 6.45) is 0. The molecule has 1 aromatic carbocycles. The molecule has 0 saturated heterocycles. The quantitative estimate of drug-likeness (QED) is 0.558. The molecule has 0 amide bonds. The topological polar surface area (TPSA) is 34.1 Å². The SMILES string of the molecule is CC(C)C(=O)[C@H](C)C(=O)c1ccccc1. The molecule has 2 heteroatoms. The third kappa shape index (κ3) is 2.75. The minimum Gasteiger partial charge on any atom is -0.299 e. The van der Waals surface area contributed by atoms with Crippen LogP contribution in [0.4, 0.5) is 0 Å². The predicted molar refractivity (Wildman–Crippen MR) is 59.8 cm³/mol. The van der Waals surface area contributed by atoms with Gasteiger partial charge in [-0.25, -0.2) is 0 Å². The third-order valence-corrected chi connectivity index (χ3v) is 2.45. The molecular weight excluding hydrogens is 188 g/mol. The Morgan fingerprint density at radius 2 is 1.53 bits per heavy atom. The van der Waals surface area contributed by atoms with Gasteiger partial charge in [0.1, 0.15) is 5.78 Å². The van der Waals surface area contributed by atoms with Crippen LogP contribution in [-0.2, 0) is 4.79 Å². The lowest BCUT2D eigenvalue weighted by atomic mass is 9.90. The van der Waals surface area contributed by atoms with E-state index in [2.05, 4.69) is 0 Å². The van der Waals surface area contributed by atoms with Gasteiger partial charge < -0.3 is 0 Å². The van der Waals surface area contributed by atoms with E-state index >= 15 is 0 Å². The fraction of sp³-hybridized carbons (Fsp3) is 0.385. The highest BCUT2D eigenvalue weighted by Crippen LogP contribution is 2.13. The second-order valence-electron chi connectivity index (χ2n) is 4.01. The number of ketones is 2. The third-order valence-electron chi connectivity index (χ3n) is 2.45. The van der Waals surface area contributed by atoms with Crippen LogP contribution in [0.2, 0.25) is 0 Å². The number of hydrogen-bond donors (Lipinski definition) is 0. The maximum atomic E-state index is 11.9. The van der Waals surface area contributed by atoms with Crippen molar-refractivity contribution in [2.24, 2.45) is 11.8 Å². The highest BCUT2D eigenvalue weighted by Gasteiger charge is 2.24. The molecule has 1 rings (SSSR count). The van der Waals surface area contributed by atoms with E-state index in [1.165, 1.54) is 0 Å². The van der Waals surface area contributed by atoms with Gasteiger partial charge in [-0.2, -0.15) is 0 Å². The van der Waals surface area contributed by atoms with Crippen molar-refractivity contribution in [2.75, 3.05) is 0 Å². The molecule has 0 fully saturated rings. The molecule has 0 spiro atoms. The summed E-state index contributed by atoms with van der Waals surface area (Å²) in [5.74, 6) is -0.710. The highest BCUT2D eigenvalue weighted by molar-refractivity contribution is 6.10. The van der Waals surface area contributed by atoms with Crippen LogP contribution in [0.25, 0.3) is 0 Å². The van der Waals surface area contributed by atoms with Gasteiger partial charge in [-0.3, -0.25) is 9.59 Å². The number of benzene rings is 1. The zero-order chi connectivity index (χ0) is 11.4. The minimum atomic E-state index is -0.535. The Kier molecular flexibility index (Phi) is 3.78. The second-order valence-corrected chi connectivity index (χ2v) is 4.01. The second kappa shape index (κ2) is 4.87. The van der Waals surface area contributed by atoms with Crippen LogP contribution in [0.15, 0.2) is 30.3 Å². The summed E-state index contributed by atoms with van der Waals surface area (Å²) in [7, 11) is 0. The maximum Gasteiger partial charge on any atom is 0.173 e. The zero-order valence-electron chi connectivity index (χ0n) is 9.36. The Labute approximate surface area is 90.3 Å². The van der Waals surface area contributed by atoms with Crippen LogP contribution in [0.5, 0.6) is 0 Å². The Morgan fingerprint density at radius 1 is 1.00 bits per heavy atom. The normalized spacial score (nSPS) is 12.5. The van der Waals surface area contributed by atoms with Gasteiger partial charge in [-0.1, -0.05) is 44.2 Å². The van der Waals surface area contributed by atoms with E-state index in [-0.39, 0.29) is 17.5 Å². The summed E-state index contributed by atoms with van der Waals surface area (Å²) in [5, 5.41) is 0. The number of rotatable bonds is 4. The summed E-state index contributed by atoms with van der Waals surface area (Å²) in [6, 6.07) is 8.95. The molecule has 0 radical (unpaired) electrons. The van der Waals surface area contributed by atoms with Crippen LogP contribution in [-0.4, -0.2) is 11.6 Å². The number of hydrogen-bond acceptors (Lipinski definition) is 2. The van der Waals surface area contributed by atoms with E-state index in [0.29, 0.717) is 5.56 Å². The Hall–Kier alpha value is -1.44. The van der Waals surface area contributed by atoms with Crippen molar-refractivity contribution in [1.82, 2.24) is 0 Å². The molecule has 0 aliphatic heterocycles. The lowest BCUT2D eigenvalue weighted by molar-refractivity contribution is -0.123. The maximum absolute atomic E-state index is 11.9. The first-order chi connectivity index (χ1) is 7.04. The van der Waals surface area contributed by atoms with Crippen LogP contribution in [0, 0.1) is 11.8 Å². The number of Topliss-reactive ketones (excluding diaryl/α,β-unsaturated/α-hetero) is 2. The first-order valence-electron chi connectivity index (χ1n) is 5.17. The van der Waals surface area contributed by atoms with Crippen molar-refractivity contribution in [3.8, 4) is 0 Å². The fourth-order valence-corrected chi connectivity index (χ4v) is 1.48. The Balaban J connectivity index is 2.82. The molecule has 0 aliphatic rings. The largest absolute Gasteiger partial charge is 0.299 e. The molecule has 0 heterocycles. The Bertz CT molecular complexity index is 352. The van der Waals surface area contributed by atoms with Crippen molar-refractivity contribution < 1.29 is 9.59 Å². The molecule has 1 atom stereocenters. The summed E-state index contributed by atoms with van der Waals surface area (Å²) in [4.78, 5) is 23.5. The van der Waals surface area contributed by atoms with Gasteiger partial charge in [-0.05, 0) is 6.92 Å². The molecule has 0 saturated carbocycles. The summed E-state index contributed by atoms with van der Waals surface area (Å²) < 4.78 is 0. The first kappa shape index (κ1) is 11.6. The minimum absolute atomic E-state index is 0.00357. The molecule has 15 heavy (non-hydrogen) atoms. The zero-order valence-corrected chi connectivity index (χ0v) is 9.36. The predicted octanol–water partition coefficient (Wildman–Crippen LogP) is 2.73. The lowest BCUT2D eigenvalue weighted by Gasteiger charge is -2.11. The van der Waals surface area contributed by atoms with E-state index < -0.39 is 5.92 Å². The molecule has 80 valence electrons. The van der Waals surface area contributed by atoms with Gasteiger partial charge in [0.25, 0.3) is 0 Å². The average Bonchev–Trinajstić information content (AvgIpc) is 2.27. The van der Waals surface area contributed by atoms with Gasteiger partial charge in [-0.15, -0.1) is 0 Å². The molecule has 0 bridgehead atoms. The lowest BCUT2D eigenvalue weighted by Crippen LogP contribution is -2.25. The molecule has 0 unspecified atom stereocenters. The summed E-state index contributed by atoms with van der Waals surface area (Å²) >= 11 is 0. The van der Waals surface area contributed by atoms with Crippen LogP contribution in [0.3, 0.4) is 0 Å². The van der Waals surface area contributed by atoms with Gasteiger partial charge in [0.15, 0.2) is 5.78 Å². The van der Waals surface area contributed by atoms with Crippen molar-refractivity contribution in [3.63, 3.8) is 0 Å². The Morgan fingerprint density at radius 3 is 2.00 bits per heavy atom. The highest BCUT2D eigenvalue weighted by atomic mass is 16.2. The van der Waals surface area contributed by atoms with Gasteiger partial charge in [0.2, 0.25) is 0 Å². The number of carbonyl (C=O) groups excluding carboxylic acids is 2. The van der Waals surface area contributed by atoms with E-state index in [4.69, 9.17) is 0 Å². The molecular formula is C13H16O2. The molecule has 0 aromatic heterocycles. The number of carbonyl (C=O) groups is 2.